The smallest absolute Gasteiger partial charge is 0.341 e. The SMILES string of the molecule is CN(Cc1ccc(F)cc1)C(=O)CSc1nc(-c2cccs2)cc(C(F)(F)F)c1C#N. The van der Waals surface area contributed by atoms with Crippen molar-refractivity contribution in [1.82, 2.24) is 9.88 Å². The van der Waals surface area contributed by atoms with Crippen molar-refractivity contribution < 1.29 is 22.4 Å². The third-order valence-electron chi connectivity index (χ3n) is 4.27. The van der Waals surface area contributed by atoms with Gasteiger partial charge in [-0.25, -0.2) is 9.37 Å². The van der Waals surface area contributed by atoms with Crippen molar-refractivity contribution in [3.8, 4) is 16.6 Å². The average molecular weight is 465 g/mol. The fourth-order valence-electron chi connectivity index (χ4n) is 2.70. The molecule has 0 atom stereocenters. The summed E-state index contributed by atoms with van der Waals surface area (Å²) in [6.07, 6.45) is -4.74. The molecule has 0 radical (unpaired) electrons. The Hall–Kier alpha value is -2.90. The number of thioether (sulfide) groups is 1. The molecule has 10 heteroatoms. The zero-order valence-corrected chi connectivity index (χ0v) is 17.7. The van der Waals surface area contributed by atoms with Crippen LogP contribution in [0.4, 0.5) is 17.6 Å². The molecule has 0 aliphatic carbocycles. The molecule has 0 aliphatic rings. The van der Waals surface area contributed by atoms with Crippen LogP contribution in [-0.4, -0.2) is 28.6 Å². The van der Waals surface area contributed by atoms with Crippen molar-refractivity contribution in [3.63, 3.8) is 0 Å². The maximum absolute atomic E-state index is 13.5. The summed E-state index contributed by atoms with van der Waals surface area (Å²) in [6.45, 7) is 0.210. The summed E-state index contributed by atoms with van der Waals surface area (Å²) in [5.74, 6) is -0.963. The van der Waals surface area contributed by atoms with Crippen molar-refractivity contribution in [2.75, 3.05) is 12.8 Å². The first-order valence-electron chi connectivity index (χ1n) is 8.86. The van der Waals surface area contributed by atoms with Gasteiger partial charge in [0.2, 0.25) is 5.91 Å². The van der Waals surface area contributed by atoms with Gasteiger partial charge in [0.05, 0.1) is 27.5 Å². The summed E-state index contributed by atoms with van der Waals surface area (Å²) < 4.78 is 53.7. The van der Waals surface area contributed by atoms with E-state index in [-0.39, 0.29) is 28.9 Å². The number of carbonyl (C=O) groups is 1. The van der Waals surface area contributed by atoms with Crippen LogP contribution in [-0.2, 0) is 17.5 Å². The van der Waals surface area contributed by atoms with Gasteiger partial charge in [0.25, 0.3) is 0 Å². The van der Waals surface area contributed by atoms with Crippen molar-refractivity contribution >= 4 is 29.0 Å². The van der Waals surface area contributed by atoms with Crippen LogP contribution in [0, 0.1) is 17.1 Å². The van der Waals surface area contributed by atoms with E-state index < -0.39 is 23.1 Å². The molecule has 31 heavy (non-hydrogen) atoms. The summed E-state index contributed by atoms with van der Waals surface area (Å²) >= 11 is 2.01. The predicted molar refractivity (Wildman–Crippen MR) is 111 cm³/mol. The van der Waals surface area contributed by atoms with Crippen LogP contribution in [0.3, 0.4) is 0 Å². The van der Waals surface area contributed by atoms with Crippen molar-refractivity contribution in [2.24, 2.45) is 0 Å². The normalized spacial score (nSPS) is 11.2. The number of hydrogen-bond donors (Lipinski definition) is 0. The molecule has 3 aromatic rings. The van der Waals surface area contributed by atoms with Gasteiger partial charge in [-0.05, 0) is 35.2 Å². The largest absolute Gasteiger partial charge is 0.417 e. The molecule has 3 rings (SSSR count). The second kappa shape index (κ2) is 9.49. The summed E-state index contributed by atoms with van der Waals surface area (Å²) in [7, 11) is 1.54. The number of amides is 1. The van der Waals surface area contributed by atoms with Gasteiger partial charge < -0.3 is 4.90 Å². The number of pyridine rings is 1. The molecule has 0 bridgehead atoms. The molecule has 2 aromatic heterocycles. The lowest BCUT2D eigenvalue weighted by atomic mass is 10.1. The van der Waals surface area contributed by atoms with E-state index in [1.807, 2.05) is 0 Å². The number of carbonyl (C=O) groups excluding carboxylic acids is 1. The van der Waals surface area contributed by atoms with Gasteiger partial charge in [0.15, 0.2) is 0 Å². The summed E-state index contributed by atoms with van der Waals surface area (Å²) in [6, 6.07) is 11.4. The molecule has 0 aliphatic heterocycles. The van der Waals surface area contributed by atoms with Crippen molar-refractivity contribution in [1.29, 1.82) is 5.26 Å². The number of halogens is 4. The number of rotatable bonds is 6. The Labute approximate surface area is 184 Å². The van der Waals surface area contributed by atoms with E-state index in [2.05, 4.69) is 4.98 Å². The molecule has 1 aromatic carbocycles. The molecule has 0 saturated carbocycles. The predicted octanol–water partition coefficient (Wildman–Crippen LogP) is 5.59. The zero-order chi connectivity index (χ0) is 22.6. The minimum absolute atomic E-state index is 0.0935. The number of hydrogen-bond acceptors (Lipinski definition) is 5. The Morgan fingerprint density at radius 3 is 2.55 bits per heavy atom. The lowest BCUT2D eigenvalue weighted by Crippen LogP contribution is -2.27. The van der Waals surface area contributed by atoms with E-state index in [1.165, 1.54) is 35.4 Å². The molecule has 160 valence electrons. The Balaban J connectivity index is 1.82. The maximum Gasteiger partial charge on any atom is 0.417 e. The highest BCUT2D eigenvalue weighted by atomic mass is 32.2. The van der Waals surface area contributed by atoms with Crippen LogP contribution in [0.1, 0.15) is 16.7 Å². The Morgan fingerprint density at radius 2 is 1.97 bits per heavy atom. The first-order chi connectivity index (χ1) is 14.7. The van der Waals surface area contributed by atoms with Gasteiger partial charge in [0, 0.05) is 13.6 Å². The van der Waals surface area contributed by atoms with Crippen LogP contribution >= 0.6 is 23.1 Å². The molecular formula is C21H15F4N3OS2. The second-order valence-electron chi connectivity index (χ2n) is 6.49. The lowest BCUT2D eigenvalue weighted by Gasteiger charge is -2.18. The number of alkyl halides is 3. The van der Waals surface area contributed by atoms with E-state index in [4.69, 9.17) is 0 Å². The molecule has 0 saturated heterocycles. The summed E-state index contributed by atoms with van der Waals surface area (Å²) in [5, 5.41) is 10.9. The van der Waals surface area contributed by atoms with E-state index >= 15 is 0 Å². The fourth-order valence-corrected chi connectivity index (χ4v) is 4.33. The average Bonchev–Trinajstić information content (AvgIpc) is 3.27. The molecule has 4 nitrogen and oxygen atoms in total. The van der Waals surface area contributed by atoms with E-state index in [0.29, 0.717) is 10.4 Å². The molecule has 0 unspecified atom stereocenters. The molecule has 0 spiro atoms. The topological polar surface area (TPSA) is 57.0 Å². The molecule has 0 fully saturated rings. The van der Waals surface area contributed by atoms with Crippen LogP contribution in [0.15, 0.2) is 52.9 Å². The summed E-state index contributed by atoms with van der Waals surface area (Å²) in [4.78, 5) is 18.6. The summed E-state index contributed by atoms with van der Waals surface area (Å²) in [5.41, 5.74) is -0.886. The number of nitrogens with zero attached hydrogens (tertiary/aromatic N) is 3. The Bertz CT molecular complexity index is 1110. The monoisotopic (exact) mass is 465 g/mol. The highest BCUT2D eigenvalue weighted by Gasteiger charge is 2.36. The second-order valence-corrected chi connectivity index (χ2v) is 8.40. The first kappa shape index (κ1) is 22.8. The van der Waals surface area contributed by atoms with Gasteiger partial charge in [-0.2, -0.15) is 18.4 Å². The minimum atomic E-state index is -4.74. The number of thiophene rings is 1. The van der Waals surface area contributed by atoms with Crippen molar-refractivity contribution in [2.45, 2.75) is 17.7 Å². The number of aromatic nitrogens is 1. The lowest BCUT2D eigenvalue weighted by molar-refractivity contribution is -0.138. The third kappa shape index (κ3) is 5.62. The quantitative estimate of drug-likeness (QED) is 0.352. The van der Waals surface area contributed by atoms with Crippen LogP contribution in [0.2, 0.25) is 0 Å². The molecule has 1 amide bonds. The van der Waals surface area contributed by atoms with E-state index in [0.717, 1.165) is 17.8 Å². The number of nitriles is 1. The van der Waals surface area contributed by atoms with Crippen molar-refractivity contribution in [3.05, 3.63) is 70.4 Å². The number of benzene rings is 1. The molecule has 0 N–H and O–H groups in total. The highest BCUT2D eigenvalue weighted by Crippen LogP contribution is 2.38. The van der Waals surface area contributed by atoms with Gasteiger partial charge in [-0.15, -0.1) is 11.3 Å². The van der Waals surface area contributed by atoms with Gasteiger partial charge in [-0.1, -0.05) is 30.0 Å². The highest BCUT2D eigenvalue weighted by molar-refractivity contribution is 8.00. The molecular weight excluding hydrogens is 450 g/mol. The minimum Gasteiger partial charge on any atom is -0.341 e. The van der Waals surface area contributed by atoms with Gasteiger partial charge in [0.1, 0.15) is 16.9 Å². The third-order valence-corrected chi connectivity index (χ3v) is 6.12. The van der Waals surface area contributed by atoms with Crippen LogP contribution < -0.4 is 0 Å². The van der Waals surface area contributed by atoms with E-state index in [9.17, 15) is 27.6 Å². The fraction of sp³-hybridized carbons (Fsp3) is 0.190. The van der Waals surface area contributed by atoms with Gasteiger partial charge in [-0.3, -0.25) is 4.79 Å². The van der Waals surface area contributed by atoms with Crippen LogP contribution in [0.5, 0.6) is 0 Å². The molecule has 2 heterocycles. The maximum atomic E-state index is 13.5. The van der Waals surface area contributed by atoms with E-state index in [1.54, 1.807) is 35.7 Å². The zero-order valence-electron chi connectivity index (χ0n) is 16.1. The standard InChI is InChI=1S/C21H15F4N3OS2/c1-28(11-13-4-6-14(22)7-5-13)19(29)12-31-20-15(10-26)16(21(23,24)25)9-17(27-20)18-3-2-8-30-18/h2-9H,11-12H2,1H3. The van der Waals surface area contributed by atoms with Crippen LogP contribution in [0.25, 0.3) is 10.6 Å². The first-order valence-corrected chi connectivity index (χ1v) is 10.7. The Morgan fingerprint density at radius 1 is 1.26 bits per heavy atom. The van der Waals surface area contributed by atoms with Gasteiger partial charge >= 0.3 is 6.18 Å². The Kier molecular flexibility index (Phi) is 6.97.